The summed E-state index contributed by atoms with van der Waals surface area (Å²) in [6.07, 6.45) is -10.4. The number of alkyl halides is 6. The second kappa shape index (κ2) is 5.55. The van der Waals surface area contributed by atoms with Gasteiger partial charge >= 0.3 is 12.4 Å². The van der Waals surface area contributed by atoms with E-state index in [1.165, 1.54) is 12.1 Å². The molecule has 0 amide bonds. The fraction of sp³-hybridized carbons (Fsp3) is 0.231. The molecule has 0 spiro atoms. The summed E-state index contributed by atoms with van der Waals surface area (Å²) >= 11 is 5.62. The Morgan fingerprint density at radius 2 is 1.52 bits per heavy atom. The summed E-state index contributed by atoms with van der Waals surface area (Å²) in [5, 5.41) is 0.194. The van der Waals surface area contributed by atoms with Gasteiger partial charge in [0.25, 0.3) is 5.56 Å². The maximum atomic E-state index is 13.1. The van der Waals surface area contributed by atoms with Crippen LogP contribution in [-0.4, -0.2) is 9.55 Å². The molecule has 0 fully saturated rings. The molecule has 0 aliphatic rings. The predicted molar refractivity (Wildman–Crippen MR) is 69.9 cm³/mol. The number of halogens is 7. The van der Waals surface area contributed by atoms with Gasteiger partial charge in [-0.2, -0.15) is 26.3 Å². The minimum Gasteiger partial charge on any atom is -0.292 e. The van der Waals surface area contributed by atoms with Crippen LogP contribution in [0.2, 0.25) is 5.02 Å². The zero-order valence-corrected chi connectivity index (χ0v) is 12.0. The quantitative estimate of drug-likeness (QED) is 0.720. The molecule has 0 atom stereocenters. The average Bonchev–Trinajstić information content (AvgIpc) is 2.40. The van der Waals surface area contributed by atoms with Gasteiger partial charge in [0.2, 0.25) is 5.82 Å². The summed E-state index contributed by atoms with van der Waals surface area (Å²) in [4.78, 5) is 14.7. The summed E-state index contributed by atoms with van der Waals surface area (Å²) in [6.45, 7) is 0. The molecule has 0 saturated carbocycles. The predicted octanol–water partition coefficient (Wildman–Crippen LogP) is 4.14. The fourth-order valence-electron chi connectivity index (χ4n) is 1.94. The zero-order valence-electron chi connectivity index (χ0n) is 11.3. The lowest BCUT2D eigenvalue weighted by Gasteiger charge is -2.17. The molecule has 2 aromatic rings. The van der Waals surface area contributed by atoms with Crippen LogP contribution < -0.4 is 5.56 Å². The van der Waals surface area contributed by atoms with E-state index in [1.807, 2.05) is 0 Å². The summed E-state index contributed by atoms with van der Waals surface area (Å²) in [5.74, 6) is -1.92. The Balaban J connectivity index is 2.89. The van der Waals surface area contributed by atoms with E-state index in [0.717, 1.165) is 12.1 Å². The highest BCUT2D eigenvalue weighted by atomic mass is 35.5. The van der Waals surface area contributed by atoms with Gasteiger partial charge in [-0.25, -0.2) is 4.98 Å². The van der Waals surface area contributed by atoms with Gasteiger partial charge in [0.1, 0.15) is 0 Å². The summed E-state index contributed by atoms with van der Waals surface area (Å²) in [7, 11) is 0.706. The van der Waals surface area contributed by atoms with Crippen LogP contribution in [0.1, 0.15) is 11.5 Å². The van der Waals surface area contributed by atoms with Gasteiger partial charge in [0.15, 0.2) is 5.69 Å². The van der Waals surface area contributed by atoms with Crippen molar-refractivity contribution in [2.24, 2.45) is 7.05 Å². The molecule has 0 aliphatic heterocycles. The number of nitrogens with zero attached hydrogens (tertiary/aromatic N) is 2. The molecular formula is C13H7ClF6N2O. The third kappa shape index (κ3) is 3.34. The number of hydrogen-bond donors (Lipinski definition) is 0. The van der Waals surface area contributed by atoms with E-state index in [1.54, 1.807) is 0 Å². The number of rotatable bonds is 1. The topological polar surface area (TPSA) is 34.9 Å². The lowest BCUT2D eigenvalue weighted by molar-refractivity contribution is -0.154. The minimum atomic E-state index is -5.23. The molecule has 0 aliphatic carbocycles. The van der Waals surface area contributed by atoms with Gasteiger partial charge in [-0.05, 0) is 17.7 Å². The van der Waals surface area contributed by atoms with Crippen molar-refractivity contribution in [2.75, 3.05) is 0 Å². The Morgan fingerprint density at radius 1 is 1.00 bits per heavy atom. The van der Waals surface area contributed by atoms with Crippen LogP contribution in [-0.2, 0) is 19.4 Å². The highest BCUT2D eigenvalue weighted by molar-refractivity contribution is 6.30. The second-order valence-corrected chi connectivity index (χ2v) is 4.96. The van der Waals surface area contributed by atoms with Crippen molar-refractivity contribution >= 4 is 11.6 Å². The van der Waals surface area contributed by atoms with Gasteiger partial charge < -0.3 is 0 Å². The van der Waals surface area contributed by atoms with E-state index < -0.39 is 35.0 Å². The summed E-state index contributed by atoms with van der Waals surface area (Å²) < 4.78 is 77.6. The van der Waals surface area contributed by atoms with Crippen LogP contribution in [0, 0.1) is 0 Å². The Bertz CT molecular complexity index is 792. The van der Waals surface area contributed by atoms with Crippen molar-refractivity contribution in [3.05, 3.63) is 51.2 Å². The van der Waals surface area contributed by atoms with E-state index in [4.69, 9.17) is 11.6 Å². The smallest absolute Gasteiger partial charge is 0.292 e. The first-order valence-corrected chi connectivity index (χ1v) is 6.32. The third-order valence-electron chi connectivity index (χ3n) is 2.95. The Hall–Kier alpha value is -2.03. The maximum Gasteiger partial charge on any atom is 0.449 e. The first-order valence-electron chi connectivity index (χ1n) is 5.94. The fourth-order valence-corrected chi connectivity index (χ4v) is 2.06. The molecule has 0 saturated heterocycles. The van der Waals surface area contributed by atoms with E-state index in [-0.39, 0.29) is 15.2 Å². The molecule has 1 heterocycles. The minimum absolute atomic E-state index is 0.0409. The lowest BCUT2D eigenvalue weighted by Crippen LogP contribution is -2.32. The molecule has 124 valence electrons. The first kappa shape index (κ1) is 17.3. The molecule has 3 nitrogen and oxygen atoms in total. The summed E-state index contributed by atoms with van der Waals surface area (Å²) in [6, 6.07) is 4.63. The van der Waals surface area contributed by atoms with Crippen molar-refractivity contribution in [3.8, 4) is 11.1 Å². The maximum absolute atomic E-state index is 13.1. The average molecular weight is 357 g/mol. The van der Waals surface area contributed by atoms with Crippen LogP contribution in [0.15, 0.2) is 29.1 Å². The largest absolute Gasteiger partial charge is 0.449 e. The molecule has 10 heteroatoms. The number of hydrogen-bond acceptors (Lipinski definition) is 2. The standard InChI is InChI=1S/C13H7ClF6N2O/c1-22-10(23)8(6-2-4-7(14)5-3-6)9(12(15,16)17)21-11(22)13(18,19)20/h2-5H,1H3. The molecule has 2 rings (SSSR count). The molecule has 0 radical (unpaired) electrons. The second-order valence-electron chi connectivity index (χ2n) is 4.53. The van der Waals surface area contributed by atoms with Gasteiger partial charge in [0, 0.05) is 12.1 Å². The van der Waals surface area contributed by atoms with Crippen molar-refractivity contribution < 1.29 is 26.3 Å². The normalized spacial score (nSPS) is 12.5. The highest BCUT2D eigenvalue weighted by Gasteiger charge is 2.43. The highest BCUT2D eigenvalue weighted by Crippen LogP contribution is 2.36. The molecule has 23 heavy (non-hydrogen) atoms. The number of aromatic nitrogens is 2. The molecule has 0 unspecified atom stereocenters. The van der Waals surface area contributed by atoms with Crippen LogP contribution in [0.25, 0.3) is 11.1 Å². The van der Waals surface area contributed by atoms with Crippen LogP contribution in [0.3, 0.4) is 0 Å². The van der Waals surface area contributed by atoms with E-state index >= 15 is 0 Å². The molecule has 0 N–H and O–H groups in total. The Labute approximate surface area is 130 Å². The molecular weight excluding hydrogens is 350 g/mol. The Kier molecular flexibility index (Phi) is 4.18. The van der Waals surface area contributed by atoms with Crippen molar-refractivity contribution in [3.63, 3.8) is 0 Å². The number of benzene rings is 1. The Morgan fingerprint density at radius 3 is 1.96 bits per heavy atom. The van der Waals surface area contributed by atoms with Crippen molar-refractivity contribution in [1.29, 1.82) is 0 Å². The lowest BCUT2D eigenvalue weighted by atomic mass is 10.0. The van der Waals surface area contributed by atoms with Gasteiger partial charge in [-0.1, -0.05) is 23.7 Å². The molecule has 0 bridgehead atoms. The van der Waals surface area contributed by atoms with Crippen LogP contribution in [0.4, 0.5) is 26.3 Å². The molecule has 1 aromatic carbocycles. The summed E-state index contributed by atoms with van der Waals surface area (Å²) in [5.41, 5.74) is -4.55. The SMILES string of the molecule is Cn1c(C(F)(F)F)nc(C(F)(F)F)c(-c2ccc(Cl)cc2)c1=O. The van der Waals surface area contributed by atoms with Gasteiger partial charge in [0.05, 0.1) is 5.56 Å². The van der Waals surface area contributed by atoms with E-state index in [2.05, 4.69) is 4.98 Å². The van der Waals surface area contributed by atoms with Gasteiger partial charge in [-0.15, -0.1) is 0 Å². The zero-order chi connectivity index (χ0) is 17.6. The van der Waals surface area contributed by atoms with E-state index in [0.29, 0.717) is 7.05 Å². The van der Waals surface area contributed by atoms with Crippen LogP contribution in [0.5, 0.6) is 0 Å². The third-order valence-corrected chi connectivity index (χ3v) is 3.20. The van der Waals surface area contributed by atoms with Crippen LogP contribution >= 0.6 is 11.6 Å². The van der Waals surface area contributed by atoms with E-state index in [9.17, 15) is 31.1 Å². The van der Waals surface area contributed by atoms with Gasteiger partial charge in [-0.3, -0.25) is 9.36 Å². The monoisotopic (exact) mass is 356 g/mol. The first-order chi connectivity index (χ1) is 10.4. The van der Waals surface area contributed by atoms with Crippen molar-refractivity contribution in [1.82, 2.24) is 9.55 Å². The van der Waals surface area contributed by atoms with Crippen molar-refractivity contribution in [2.45, 2.75) is 12.4 Å². The molecule has 1 aromatic heterocycles.